The van der Waals surface area contributed by atoms with Gasteiger partial charge in [-0.25, -0.2) is 0 Å². The van der Waals surface area contributed by atoms with Gasteiger partial charge in [0, 0.05) is 11.6 Å². The fourth-order valence-corrected chi connectivity index (χ4v) is 3.45. The van der Waals surface area contributed by atoms with Crippen molar-refractivity contribution in [3.05, 3.63) is 48.5 Å². The number of ether oxygens (including phenoxy) is 2. The molecule has 29 heavy (non-hydrogen) atoms. The van der Waals surface area contributed by atoms with Crippen LogP contribution >= 0.6 is 11.8 Å². The molecule has 3 rings (SSSR count). The summed E-state index contributed by atoms with van der Waals surface area (Å²) in [5, 5.41) is 11.9. The number of hydrogen-bond donors (Lipinski definition) is 1. The van der Waals surface area contributed by atoms with Gasteiger partial charge in [-0.2, -0.15) is 0 Å². The van der Waals surface area contributed by atoms with E-state index in [1.807, 2.05) is 53.1 Å². The highest BCUT2D eigenvalue weighted by Gasteiger charge is 2.18. The number of hydrogen-bond acceptors (Lipinski definition) is 6. The monoisotopic (exact) mass is 408 g/mol. The Morgan fingerprint density at radius 3 is 2.59 bits per heavy atom. The maximum Gasteiger partial charge on any atom is 0.231 e. The van der Waals surface area contributed by atoms with E-state index < -0.39 is 0 Å². The Bertz CT molecular complexity index is 1030. The van der Waals surface area contributed by atoms with Gasteiger partial charge in [-0.1, -0.05) is 48.0 Å². The van der Waals surface area contributed by atoms with E-state index in [-0.39, 0.29) is 18.2 Å². The summed E-state index contributed by atoms with van der Waals surface area (Å²) in [5.74, 6) is 4.24. The van der Waals surface area contributed by atoms with Crippen molar-refractivity contribution in [2.45, 2.75) is 5.16 Å². The van der Waals surface area contributed by atoms with E-state index in [0.29, 0.717) is 22.5 Å². The van der Waals surface area contributed by atoms with Gasteiger partial charge >= 0.3 is 0 Å². The summed E-state index contributed by atoms with van der Waals surface area (Å²) in [4.78, 5) is 12.0. The second kappa shape index (κ2) is 9.66. The molecule has 0 spiro atoms. The third-order valence-electron chi connectivity index (χ3n) is 4.01. The normalized spacial score (nSPS) is 10.2. The van der Waals surface area contributed by atoms with Crippen LogP contribution in [0, 0.1) is 12.3 Å². The number of benzene rings is 2. The van der Waals surface area contributed by atoms with Gasteiger partial charge in [-0.3, -0.25) is 9.36 Å². The lowest BCUT2D eigenvalue weighted by molar-refractivity contribution is -0.118. The quantitative estimate of drug-likeness (QED) is 0.456. The van der Waals surface area contributed by atoms with E-state index >= 15 is 0 Å². The minimum absolute atomic E-state index is 0.169. The van der Waals surface area contributed by atoms with Gasteiger partial charge in [-0.15, -0.1) is 16.6 Å². The number of nitrogens with one attached hydrogen (secondary N) is 1. The molecule has 0 saturated heterocycles. The summed E-state index contributed by atoms with van der Waals surface area (Å²) in [5.41, 5.74) is 1.69. The Kier molecular flexibility index (Phi) is 6.76. The molecule has 0 atom stereocenters. The molecule has 8 heteroatoms. The van der Waals surface area contributed by atoms with Crippen molar-refractivity contribution >= 4 is 17.7 Å². The second-order valence-corrected chi connectivity index (χ2v) is 6.76. The van der Waals surface area contributed by atoms with Crippen LogP contribution in [0.15, 0.2) is 53.7 Å². The molecule has 0 bridgehead atoms. The van der Waals surface area contributed by atoms with E-state index in [1.165, 1.54) is 11.8 Å². The van der Waals surface area contributed by atoms with Crippen LogP contribution in [0.5, 0.6) is 11.5 Å². The number of amides is 1. The molecule has 2 aromatic carbocycles. The number of aromatic nitrogens is 3. The lowest BCUT2D eigenvalue weighted by Gasteiger charge is -2.13. The fourth-order valence-electron chi connectivity index (χ4n) is 2.67. The number of carbonyl (C=O) groups is 1. The third kappa shape index (κ3) is 4.70. The summed E-state index contributed by atoms with van der Waals surface area (Å²) in [6.45, 7) is 0.191. The van der Waals surface area contributed by atoms with Crippen molar-refractivity contribution in [3.8, 4) is 40.9 Å². The van der Waals surface area contributed by atoms with E-state index in [1.54, 1.807) is 14.2 Å². The van der Waals surface area contributed by atoms with Gasteiger partial charge in [0.05, 0.1) is 32.2 Å². The molecule has 0 radical (unpaired) electrons. The topological polar surface area (TPSA) is 78.3 Å². The Balaban J connectivity index is 2.01. The molecule has 7 nitrogen and oxygen atoms in total. The zero-order valence-electron chi connectivity index (χ0n) is 16.1. The Hall–Kier alpha value is -3.44. The molecule has 1 N–H and O–H groups in total. The second-order valence-electron chi connectivity index (χ2n) is 5.82. The van der Waals surface area contributed by atoms with Gasteiger partial charge in [0.1, 0.15) is 0 Å². The number of rotatable bonds is 8. The van der Waals surface area contributed by atoms with Crippen molar-refractivity contribution in [2.75, 3.05) is 26.5 Å². The molecule has 0 aliphatic rings. The first-order chi connectivity index (χ1) is 14.2. The SMILES string of the molecule is C#CCNC(=O)CSc1nnc(-c2ccccc2)n1-c1ccc(OC)c(OC)c1. The molecule has 1 amide bonds. The summed E-state index contributed by atoms with van der Waals surface area (Å²) in [6, 6.07) is 15.3. The molecule has 0 fully saturated rings. The standard InChI is InChI=1S/C21H20N4O3S/c1-4-12-22-19(26)14-29-21-24-23-20(15-8-6-5-7-9-15)25(21)16-10-11-17(27-2)18(13-16)28-3/h1,5-11,13H,12,14H2,2-3H3,(H,22,26). The first kappa shape index (κ1) is 20.3. The Labute approximate surface area is 173 Å². The van der Waals surface area contributed by atoms with Gasteiger partial charge in [0.15, 0.2) is 22.5 Å². The zero-order valence-corrected chi connectivity index (χ0v) is 16.9. The van der Waals surface area contributed by atoms with Crippen LogP contribution in [-0.4, -0.2) is 47.2 Å². The number of nitrogens with zero attached hydrogens (tertiary/aromatic N) is 3. The number of terminal acetylenes is 1. The van der Waals surface area contributed by atoms with Crippen LogP contribution in [0.1, 0.15) is 0 Å². The van der Waals surface area contributed by atoms with Gasteiger partial charge in [0.25, 0.3) is 0 Å². The van der Waals surface area contributed by atoms with Crippen molar-refractivity contribution in [2.24, 2.45) is 0 Å². The third-order valence-corrected chi connectivity index (χ3v) is 4.94. The van der Waals surface area contributed by atoms with Crippen LogP contribution in [0.2, 0.25) is 0 Å². The maximum atomic E-state index is 12.0. The highest BCUT2D eigenvalue weighted by molar-refractivity contribution is 7.99. The zero-order chi connectivity index (χ0) is 20.6. The Morgan fingerprint density at radius 2 is 1.90 bits per heavy atom. The van der Waals surface area contributed by atoms with Crippen molar-refractivity contribution < 1.29 is 14.3 Å². The number of methoxy groups -OCH3 is 2. The molecule has 148 valence electrons. The van der Waals surface area contributed by atoms with Crippen LogP contribution in [-0.2, 0) is 4.79 Å². The van der Waals surface area contributed by atoms with Gasteiger partial charge in [0.2, 0.25) is 5.91 Å². The van der Waals surface area contributed by atoms with Crippen molar-refractivity contribution in [1.82, 2.24) is 20.1 Å². The van der Waals surface area contributed by atoms with Gasteiger partial charge in [-0.05, 0) is 12.1 Å². The van der Waals surface area contributed by atoms with E-state index in [9.17, 15) is 4.79 Å². The van der Waals surface area contributed by atoms with Crippen molar-refractivity contribution in [3.63, 3.8) is 0 Å². The van der Waals surface area contributed by atoms with Crippen LogP contribution in [0.25, 0.3) is 17.1 Å². The minimum Gasteiger partial charge on any atom is -0.493 e. The first-order valence-corrected chi connectivity index (χ1v) is 9.72. The molecule has 0 saturated carbocycles. The number of carbonyl (C=O) groups excluding carboxylic acids is 1. The first-order valence-electron chi connectivity index (χ1n) is 8.74. The minimum atomic E-state index is -0.170. The van der Waals surface area contributed by atoms with Crippen molar-refractivity contribution in [1.29, 1.82) is 0 Å². The average Bonchev–Trinajstić information content (AvgIpc) is 3.20. The largest absolute Gasteiger partial charge is 0.493 e. The summed E-state index contributed by atoms with van der Waals surface area (Å²) in [6.07, 6.45) is 5.18. The predicted octanol–water partition coefficient (Wildman–Crippen LogP) is 2.79. The highest BCUT2D eigenvalue weighted by Crippen LogP contribution is 2.33. The lowest BCUT2D eigenvalue weighted by atomic mass is 10.2. The highest BCUT2D eigenvalue weighted by atomic mass is 32.2. The summed E-state index contributed by atoms with van der Waals surface area (Å²) >= 11 is 1.28. The van der Waals surface area contributed by atoms with Crippen LogP contribution in [0.4, 0.5) is 0 Å². The lowest BCUT2D eigenvalue weighted by Crippen LogP contribution is -2.25. The molecular weight excluding hydrogens is 388 g/mol. The molecular formula is C21H20N4O3S. The van der Waals surface area contributed by atoms with Gasteiger partial charge < -0.3 is 14.8 Å². The van der Waals surface area contributed by atoms with E-state index in [2.05, 4.69) is 21.4 Å². The fraction of sp³-hybridized carbons (Fsp3) is 0.190. The maximum absolute atomic E-state index is 12.0. The van der Waals surface area contributed by atoms with Crippen LogP contribution in [0.3, 0.4) is 0 Å². The Morgan fingerprint density at radius 1 is 1.14 bits per heavy atom. The molecule has 0 aliphatic heterocycles. The van der Waals surface area contributed by atoms with E-state index in [0.717, 1.165) is 11.3 Å². The molecule has 0 aliphatic carbocycles. The summed E-state index contributed by atoms with van der Waals surface area (Å²) in [7, 11) is 3.17. The van der Waals surface area contributed by atoms with E-state index in [4.69, 9.17) is 15.9 Å². The average molecular weight is 408 g/mol. The molecule has 1 aromatic heterocycles. The predicted molar refractivity (Wildman–Crippen MR) is 112 cm³/mol. The molecule has 3 aromatic rings. The molecule has 1 heterocycles. The summed E-state index contributed by atoms with van der Waals surface area (Å²) < 4.78 is 12.6. The molecule has 0 unspecified atom stereocenters. The number of thioether (sulfide) groups is 1. The van der Waals surface area contributed by atoms with Crippen LogP contribution < -0.4 is 14.8 Å². The smallest absolute Gasteiger partial charge is 0.231 e.